The average molecular weight is 449 g/mol. The summed E-state index contributed by atoms with van der Waals surface area (Å²) in [5.41, 5.74) is 2.25. The van der Waals surface area contributed by atoms with E-state index in [1.807, 2.05) is 19.1 Å². The van der Waals surface area contributed by atoms with Gasteiger partial charge in [0.05, 0.1) is 6.04 Å². The SMILES string of the molecule is CCc1ccc(NC(=O)c2cc3n(n2)[C@@H](C(F)(F)F)C[C@@H](c2ccc(Cl)cc2)N3)cc1. The minimum absolute atomic E-state index is 0.0897. The number of fused-ring (bicyclic) bond motifs is 1. The number of amides is 1. The Hall–Kier alpha value is -3.00. The highest BCUT2D eigenvalue weighted by Gasteiger charge is 2.46. The summed E-state index contributed by atoms with van der Waals surface area (Å²) in [6.45, 7) is 2.02. The fraction of sp³-hybridized carbons (Fsp3) is 0.273. The maximum Gasteiger partial charge on any atom is 0.410 e. The first-order valence-corrected chi connectivity index (χ1v) is 10.2. The Bertz CT molecular complexity index is 1080. The second kappa shape index (κ2) is 8.26. The van der Waals surface area contributed by atoms with E-state index in [0.29, 0.717) is 16.3 Å². The molecule has 0 bridgehead atoms. The van der Waals surface area contributed by atoms with E-state index in [4.69, 9.17) is 11.6 Å². The number of alkyl halides is 3. The highest BCUT2D eigenvalue weighted by molar-refractivity contribution is 6.30. The first-order chi connectivity index (χ1) is 14.7. The smallest absolute Gasteiger partial charge is 0.363 e. The summed E-state index contributed by atoms with van der Waals surface area (Å²) in [5.74, 6) is -0.433. The van der Waals surface area contributed by atoms with Crippen molar-refractivity contribution in [3.8, 4) is 0 Å². The summed E-state index contributed by atoms with van der Waals surface area (Å²) < 4.78 is 42.2. The first kappa shape index (κ1) is 21.2. The lowest BCUT2D eigenvalue weighted by atomic mass is 9.97. The third-order valence-electron chi connectivity index (χ3n) is 5.31. The topological polar surface area (TPSA) is 59.0 Å². The van der Waals surface area contributed by atoms with Crippen molar-refractivity contribution < 1.29 is 18.0 Å². The molecule has 3 aromatic rings. The lowest BCUT2D eigenvalue weighted by Gasteiger charge is -2.33. The molecule has 0 aliphatic carbocycles. The molecule has 2 heterocycles. The molecule has 162 valence electrons. The number of halogens is 4. The maximum absolute atomic E-state index is 13.8. The van der Waals surface area contributed by atoms with E-state index in [9.17, 15) is 18.0 Å². The predicted octanol–water partition coefficient (Wildman–Crippen LogP) is 6.01. The van der Waals surface area contributed by atoms with Crippen molar-refractivity contribution in [2.24, 2.45) is 0 Å². The van der Waals surface area contributed by atoms with Crippen LogP contribution in [-0.4, -0.2) is 21.9 Å². The van der Waals surface area contributed by atoms with E-state index in [1.165, 1.54) is 6.07 Å². The molecule has 0 unspecified atom stereocenters. The number of rotatable bonds is 4. The van der Waals surface area contributed by atoms with E-state index in [0.717, 1.165) is 16.7 Å². The third-order valence-corrected chi connectivity index (χ3v) is 5.57. The van der Waals surface area contributed by atoms with Crippen molar-refractivity contribution >= 4 is 29.0 Å². The van der Waals surface area contributed by atoms with Gasteiger partial charge in [-0.15, -0.1) is 0 Å². The Kier molecular flexibility index (Phi) is 5.66. The number of nitrogens with zero attached hydrogens (tertiary/aromatic N) is 2. The Morgan fingerprint density at radius 2 is 1.87 bits per heavy atom. The van der Waals surface area contributed by atoms with Gasteiger partial charge >= 0.3 is 6.18 Å². The fourth-order valence-corrected chi connectivity index (χ4v) is 3.74. The molecule has 1 aromatic heterocycles. The Balaban J connectivity index is 1.61. The van der Waals surface area contributed by atoms with Crippen LogP contribution >= 0.6 is 11.6 Å². The van der Waals surface area contributed by atoms with Crippen LogP contribution in [0, 0.1) is 0 Å². The maximum atomic E-state index is 13.8. The van der Waals surface area contributed by atoms with E-state index in [1.54, 1.807) is 36.4 Å². The average Bonchev–Trinajstić information content (AvgIpc) is 3.17. The molecular weight excluding hydrogens is 429 g/mol. The summed E-state index contributed by atoms with van der Waals surface area (Å²) in [6, 6.07) is 12.8. The molecule has 2 atom stereocenters. The first-order valence-electron chi connectivity index (χ1n) is 9.83. The largest absolute Gasteiger partial charge is 0.410 e. The molecule has 0 saturated heterocycles. The molecule has 1 amide bonds. The van der Waals surface area contributed by atoms with Gasteiger partial charge in [0.15, 0.2) is 11.7 Å². The van der Waals surface area contributed by atoms with Crippen molar-refractivity contribution in [2.45, 2.75) is 38.0 Å². The molecule has 0 fully saturated rings. The molecule has 0 spiro atoms. The number of hydrogen-bond acceptors (Lipinski definition) is 3. The third kappa shape index (κ3) is 4.54. The number of carbonyl (C=O) groups is 1. The zero-order valence-electron chi connectivity index (χ0n) is 16.6. The van der Waals surface area contributed by atoms with Gasteiger partial charge in [0.25, 0.3) is 5.91 Å². The monoisotopic (exact) mass is 448 g/mol. The minimum Gasteiger partial charge on any atom is -0.363 e. The minimum atomic E-state index is -4.52. The van der Waals surface area contributed by atoms with Gasteiger partial charge in [-0.25, -0.2) is 4.68 Å². The van der Waals surface area contributed by atoms with Crippen molar-refractivity contribution in [3.05, 3.63) is 76.4 Å². The van der Waals surface area contributed by atoms with Gasteiger partial charge in [0, 0.05) is 23.2 Å². The predicted molar refractivity (Wildman–Crippen MR) is 114 cm³/mol. The lowest BCUT2D eigenvalue weighted by Crippen LogP contribution is -2.35. The fourth-order valence-electron chi connectivity index (χ4n) is 3.62. The molecule has 31 heavy (non-hydrogen) atoms. The van der Waals surface area contributed by atoms with Crippen molar-refractivity contribution in [1.29, 1.82) is 0 Å². The number of aryl methyl sites for hydroxylation is 1. The number of hydrogen-bond donors (Lipinski definition) is 2. The second-order valence-corrected chi connectivity index (χ2v) is 7.84. The van der Waals surface area contributed by atoms with Crippen molar-refractivity contribution in [2.75, 3.05) is 10.6 Å². The molecule has 0 saturated carbocycles. The van der Waals surface area contributed by atoms with Crippen LogP contribution in [0.3, 0.4) is 0 Å². The number of benzene rings is 2. The lowest BCUT2D eigenvalue weighted by molar-refractivity contribution is -0.173. The molecule has 4 rings (SSSR count). The highest BCUT2D eigenvalue weighted by atomic mass is 35.5. The van der Waals surface area contributed by atoms with Crippen LogP contribution in [0.2, 0.25) is 5.02 Å². The van der Waals surface area contributed by atoms with Gasteiger partial charge in [-0.1, -0.05) is 42.8 Å². The van der Waals surface area contributed by atoms with Gasteiger partial charge in [0.2, 0.25) is 0 Å². The van der Waals surface area contributed by atoms with Crippen LogP contribution in [0.5, 0.6) is 0 Å². The summed E-state index contributed by atoms with van der Waals surface area (Å²) in [7, 11) is 0. The molecule has 2 N–H and O–H groups in total. The normalized spacial score (nSPS) is 18.2. The molecule has 0 radical (unpaired) electrons. The summed E-state index contributed by atoms with van der Waals surface area (Å²) in [5, 5.41) is 10.2. The van der Waals surface area contributed by atoms with Gasteiger partial charge in [-0.3, -0.25) is 4.79 Å². The van der Waals surface area contributed by atoms with E-state index in [2.05, 4.69) is 15.7 Å². The van der Waals surface area contributed by atoms with Crippen LogP contribution in [0.25, 0.3) is 0 Å². The molecule has 1 aliphatic heterocycles. The van der Waals surface area contributed by atoms with E-state index in [-0.39, 0.29) is 17.9 Å². The van der Waals surface area contributed by atoms with Gasteiger partial charge < -0.3 is 10.6 Å². The van der Waals surface area contributed by atoms with Gasteiger partial charge in [-0.2, -0.15) is 18.3 Å². The van der Waals surface area contributed by atoms with Crippen LogP contribution in [0.1, 0.15) is 47.0 Å². The molecule has 5 nitrogen and oxygen atoms in total. The van der Waals surface area contributed by atoms with E-state index < -0.39 is 24.2 Å². The number of aromatic nitrogens is 2. The standard InChI is InChI=1S/C22H20ClF3N4O/c1-2-13-3-9-16(10-4-13)27-21(31)18-12-20-28-17(14-5-7-15(23)8-6-14)11-19(22(24,25)26)30(20)29-18/h3-10,12,17,19,28H,2,11H2,1H3,(H,27,31)/t17-,19+/m0/s1. The van der Waals surface area contributed by atoms with Crippen LogP contribution in [0.15, 0.2) is 54.6 Å². The van der Waals surface area contributed by atoms with Crippen molar-refractivity contribution in [3.63, 3.8) is 0 Å². The number of carbonyl (C=O) groups excluding carboxylic acids is 1. The quantitative estimate of drug-likeness (QED) is 0.513. The Morgan fingerprint density at radius 3 is 2.48 bits per heavy atom. The molecular formula is C22H20ClF3N4O. The zero-order valence-corrected chi connectivity index (χ0v) is 17.3. The molecule has 1 aliphatic rings. The van der Waals surface area contributed by atoms with Crippen LogP contribution < -0.4 is 10.6 Å². The summed E-state index contributed by atoms with van der Waals surface area (Å²) in [4.78, 5) is 12.6. The van der Waals surface area contributed by atoms with E-state index >= 15 is 0 Å². The highest BCUT2D eigenvalue weighted by Crippen LogP contribution is 2.43. The second-order valence-electron chi connectivity index (χ2n) is 7.41. The van der Waals surface area contributed by atoms with Crippen LogP contribution in [-0.2, 0) is 6.42 Å². The summed E-state index contributed by atoms with van der Waals surface area (Å²) in [6.07, 6.45) is -3.90. The van der Waals surface area contributed by atoms with Crippen molar-refractivity contribution in [1.82, 2.24) is 9.78 Å². The van der Waals surface area contributed by atoms with Gasteiger partial charge in [0.1, 0.15) is 5.82 Å². The molecule has 2 aromatic carbocycles. The number of nitrogens with one attached hydrogen (secondary N) is 2. The number of anilines is 2. The van der Waals surface area contributed by atoms with Gasteiger partial charge in [-0.05, 0) is 41.8 Å². The summed E-state index contributed by atoms with van der Waals surface area (Å²) >= 11 is 5.90. The van der Waals surface area contributed by atoms with Crippen LogP contribution in [0.4, 0.5) is 24.7 Å². The Morgan fingerprint density at radius 1 is 1.19 bits per heavy atom. The molecule has 9 heteroatoms. The Labute approximate surface area is 182 Å². The zero-order chi connectivity index (χ0) is 22.2.